The number of aldehydes is 1. The summed E-state index contributed by atoms with van der Waals surface area (Å²) in [5.74, 6) is -0.437. The fourth-order valence-corrected chi connectivity index (χ4v) is 0.725. The highest BCUT2D eigenvalue weighted by molar-refractivity contribution is 5.56. The van der Waals surface area contributed by atoms with Crippen molar-refractivity contribution in [3.63, 3.8) is 0 Å². The lowest BCUT2D eigenvalue weighted by atomic mass is 10.1. The normalized spacial score (nSPS) is 17.3. The summed E-state index contributed by atoms with van der Waals surface area (Å²) in [5, 5.41) is 36.2. The van der Waals surface area contributed by atoms with Gasteiger partial charge in [-0.05, 0) is 19.4 Å². The number of aliphatic hydroxyl groups is 4. The maximum absolute atomic E-state index is 10.0. The minimum Gasteiger partial charge on any atom is -0.510 e. The molecule has 0 saturated carbocycles. The standard InChI is InChI=1S/C8H14O5/c1-4(2)6(11)8(13)7(12)5(10)3-9/h3,5,7-8,10-13H,1-2H3/t5-,7-,8+/m1/s1. The van der Waals surface area contributed by atoms with Crippen molar-refractivity contribution >= 4 is 6.29 Å². The van der Waals surface area contributed by atoms with E-state index in [0.717, 1.165) is 0 Å². The average molecular weight is 190 g/mol. The number of rotatable bonds is 4. The van der Waals surface area contributed by atoms with Gasteiger partial charge in [0.05, 0.1) is 0 Å². The van der Waals surface area contributed by atoms with Crippen molar-refractivity contribution in [2.45, 2.75) is 32.2 Å². The van der Waals surface area contributed by atoms with Gasteiger partial charge in [0, 0.05) is 0 Å². The lowest BCUT2D eigenvalue weighted by molar-refractivity contribution is -0.125. The summed E-state index contributed by atoms with van der Waals surface area (Å²) in [7, 11) is 0. The van der Waals surface area contributed by atoms with Gasteiger partial charge in [-0.2, -0.15) is 0 Å². The van der Waals surface area contributed by atoms with E-state index in [2.05, 4.69) is 0 Å². The molecule has 0 radical (unpaired) electrons. The number of aliphatic hydroxyl groups excluding tert-OH is 4. The molecule has 76 valence electrons. The van der Waals surface area contributed by atoms with Crippen molar-refractivity contribution in [1.29, 1.82) is 0 Å². The molecule has 0 aliphatic rings. The molecule has 0 aromatic heterocycles. The fraction of sp³-hybridized carbons (Fsp3) is 0.625. The van der Waals surface area contributed by atoms with Gasteiger partial charge in [-0.15, -0.1) is 0 Å². The van der Waals surface area contributed by atoms with E-state index < -0.39 is 24.1 Å². The monoisotopic (exact) mass is 190 g/mol. The summed E-state index contributed by atoms with van der Waals surface area (Å²) in [4.78, 5) is 10.0. The molecule has 0 aromatic rings. The molecule has 0 unspecified atom stereocenters. The van der Waals surface area contributed by atoms with Gasteiger partial charge < -0.3 is 25.2 Å². The van der Waals surface area contributed by atoms with Crippen LogP contribution < -0.4 is 0 Å². The van der Waals surface area contributed by atoms with Gasteiger partial charge in [0.2, 0.25) is 0 Å². The maximum atomic E-state index is 10.0. The van der Waals surface area contributed by atoms with Crippen LogP contribution in [0.1, 0.15) is 13.8 Å². The third kappa shape index (κ3) is 3.14. The predicted octanol–water partition coefficient (Wildman–Crippen LogP) is -0.880. The van der Waals surface area contributed by atoms with Crippen molar-refractivity contribution in [3.8, 4) is 0 Å². The molecule has 0 aliphatic heterocycles. The van der Waals surface area contributed by atoms with Gasteiger partial charge in [-0.1, -0.05) is 0 Å². The summed E-state index contributed by atoms with van der Waals surface area (Å²) >= 11 is 0. The van der Waals surface area contributed by atoms with E-state index in [4.69, 9.17) is 15.3 Å². The van der Waals surface area contributed by atoms with Crippen LogP contribution in [-0.4, -0.2) is 45.0 Å². The second-order valence-corrected chi connectivity index (χ2v) is 2.95. The van der Waals surface area contributed by atoms with Crippen molar-refractivity contribution in [2.24, 2.45) is 0 Å². The van der Waals surface area contributed by atoms with Crippen LogP contribution >= 0.6 is 0 Å². The molecule has 0 aromatic carbocycles. The molecule has 0 aliphatic carbocycles. The zero-order valence-electron chi connectivity index (χ0n) is 7.51. The Bertz CT molecular complexity index is 207. The van der Waals surface area contributed by atoms with Crippen LogP contribution in [0.3, 0.4) is 0 Å². The molecule has 0 spiro atoms. The summed E-state index contributed by atoms with van der Waals surface area (Å²) in [5.41, 5.74) is 0.407. The van der Waals surface area contributed by atoms with Gasteiger partial charge in [-0.25, -0.2) is 0 Å². The molecule has 13 heavy (non-hydrogen) atoms. The summed E-state index contributed by atoms with van der Waals surface area (Å²) < 4.78 is 0. The van der Waals surface area contributed by atoms with Crippen LogP contribution in [-0.2, 0) is 4.79 Å². The van der Waals surface area contributed by atoms with Crippen LogP contribution in [0, 0.1) is 0 Å². The Hall–Kier alpha value is -0.910. The van der Waals surface area contributed by atoms with Crippen LogP contribution in [0.2, 0.25) is 0 Å². The Morgan fingerprint density at radius 2 is 1.69 bits per heavy atom. The van der Waals surface area contributed by atoms with Crippen molar-refractivity contribution in [1.82, 2.24) is 0 Å². The number of hydrogen-bond acceptors (Lipinski definition) is 5. The zero-order valence-corrected chi connectivity index (χ0v) is 7.51. The molecular weight excluding hydrogens is 176 g/mol. The van der Waals surface area contributed by atoms with Crippen molar-refractivity contribution < 1.29 is 25.2 Å². The van der Waals surface area contributed by atoms with Crippen LogP contribution in [0.4, 0.5) is 0 Å². The van der Waals surface area contributed by atoms with E-state index in [1.54, 1.807) is 0 Å². The summed E-state index contributed by atoms with van der Waals surface area (Å²) in [6.45, 7) is 3.05. The number of carbonyl (C=O) groups is 1. The Morgan fingerprint density at radius 1 is 1.23 bits per heavy atom. The second-order valence-electron chi connectivity index (χ2n) is 2.95. The van der Waals surface area contributed by atoms with Gasteiger partial charge in [0.1, 0.15) is 24.1 Å². The van der Waals surface area contributed by atoms with Crippen molar-refractivity contribution in [3.05, 3.63) is 11.3 Å². The van der Waals surface area contributed by atoms with Gasteiger partial charge in [0.15, 0.2) is 6.29 Å². The number of allylic oxidation sites excluding steroid dienone is 1. The molecule has 3 atom stereocenters. The topological polar surface area (TPSA) is 98.0 Å². The molecule has 4 N–H and O–H groups in total. The van der Waals surface area contributed by atoms with Crippen molar-refractivity contribution in [2.75, 3.05) is 0 Å². The highest BCUT2D eigenvalue weighted by atomic mass is 16.4. The second kappa shape index (κ2) is 4.96. The largest absolute Gasteiger partial charge is 0.510 e. The van der Waals surface area contributed by atoms with E-state index in [-0.39, 0.29) is 6.29 Å². The lowest BCUT2D eigenvalue weighted by Crippen LogP contribution is -2.39. The SMILES string of the molecule is CC(C)=C(O)[C@H](O)[C@H](O)[C@H](O)C=O. The van der Waals surface area contributed by atoms with E-state index >= 15 is 0 Å². The quantitative estimate of drug-likeness (QED) is 0.341. The van der Waals surface area contributed by atoms with Gasteiger partial charge in [-0.3, -0.25) is 0 Å². The first-order chi connectivity index (χ1) is 5.91. The minimum absolute atomic E-state index is 0.0894. The molecule has 0 saturated heterocycles. The zero-order chi connectivity index (χ0) is 10.6. The Morgan fingerprint density at radius 3 is 2.00 bits per heavy atom. The first kappa shape index (κ1) is 12.1. The van der Waals surface area contributed by atoms with E-state index in [9.17, 15) is 9.90 Å². The molecule has 0 rings (SSSR count). The minimum atomic E-state index is -1.70. The number of hydrogen-bond donors (Lipinski definition) is 4. The van der Waals surface area contributed by atoms with E-state index in [0.29, 0.717) is 5.57 Å². The van der Waals surface area contributed by atoms with E-state index in [1.165, 1.54) is 13.8 Å². The summed E-state index contributed by atoms with van der Waals surface area (Å²) in [6.07, 6.45) is -4.94. The summed E-state index contributed by atoms with van der Waals surface area (Å²) in [6, 6.07) is 0. The molecule has 0 bridgehead atoms. The molecule has 0 amide bonds. The Kier molecular flexibility index (Phi) is 4.61. The Balaban J connectivity index is 4.51. The van der Waals surface area contributed by atoms with Crippen LogP contribution in [0.25, 0.3) is 0 Å². The lowest BCUT2D eigenvalue weighted by Gasteiger charge is -2.19. The molecule has 5 nitrogen and oxygen atoms in total. The highest BCUT2D eigenvalue weighted by Gasteiger charge is 2.27. The molecule has 0 heterocycles. The smallest absolute Gasteiger partial charge is 0.151 e. The highest BCUT2D eigenvalue weighted by Crippen LogP contribution is 2.10. The third-order valence-corrected chi connectivity index (χ3v) is 1.61. The first-order valence-electron chi connectivity index (χ1n) is 3.77. The van der Waals surface area contributed by atoms with E-state index in [1.807, 2.05) is 0 Å². The third-order valence-electron chi connectivity index (χ3n) is 1.61. The average Bonchev–Trinajstić information content (AvgIpc) is 2.12. The molecule has 5 heteroatoms. The van der Waals surface area contributed by atoms with Gasteiger partial charge in [0.25, 0.3) is 0 Å². The van der Waals surface area contributed by atoms with Gasteiger partial charge >= 0.3 is 0 Å². The van der Waals surface area contributed by atoms with Crippen LogP contribution in [0.5, 0.6) is 0 Å². The van der Waals surface area contributed by atoms with Crippen LogP contribution in [0.15, 0.2) is 11.3 Å². The fourth-order valence-electron chi connectivity index (χ4n) is 0.725. The molecular formula is C8H14O5. The first-order valence-corrected chi connectivity index (χ1v) is 3.77. The molecule has 0 fully saturated rings. The number of carbonyl (C=O) groups excluding carboxylic acids is 1. The maximum Gasteiger partial charge on any atom is 0.151 e. The predicted molar refractivity (Wildman–Crippen MR) is 45.1 cm³/mol. The Labute approximate surface area is 75.9 Å².